The van der Waals surface area contributed by atoms with Crippen molar-refractivity contribution in [2.45, 2.75) is 37.8 Å². The highest BCUT2D eigenvalue weighted by Gasteiger charge is 2.27. The molecule has 1 aromatic heterocycles. The van der Waals surface area contributed by atoms with Crippen molar-refractivity contribution in [3.63, 3.8) is 0 Å². The van der Waals surface area contributed by atoms with E-state index in [9.17, 15) is 9.18 Å². The molecular weight excluding hydrogens is 389 g/mol. The average molecular weight is 412 g/mol. The maximum atomic E-state index is 13.1. The molecule has 2 unspecified atom stereocenters. The third-order valence-corrected chi connectivity index (χ3v) is 6.07. The van der Waals surface area contributed by atoms with E-state index in [4.69, 9.17) is 9.72 Å². The molecule has 0 bridgehead atoms. The van der Waals surface area contributed by atoms with Gasteiger partial charge in [0.2, 0.25) is 5.91 Å². The number of rotatable bonds is 4. The van der Waals surface area contributed by atoms with Crippen LogP contribution in [0.5, 0.6) is 0 Å². The molecule has 4 rings (SSSR count). The molecule has 1 aromatic carbocycles. The molecule has 27 heavy (non-hydrogen) atoms. The smallest absolute Gasteiger partial charge is 0.222 e. The van der Waals surface area contributed by atoms with Crippen molar-refractivity contribution in [1.29, 1.82) is 0 Å². The number of carbonyl (C=O) groups excluding carboxylic acids is 1. The Kier molecular flexibility index (Phi) is 6.81. The molecule has 146 valence electrons. The van der Waals surface area contributed by atoms with Gasteiger partial charge < -0.3 is 15.4 Å². The fourth-order valence-electron chi connectivity index (χ4n) is 3.50. The average Bonchev–Trinajstić information content (AvgIpc) is 3.08. The van der Waals surface area contributed by atoms with E-state index >= 15 is 0 Å². The molecule has 2 atom stereocenters. The van der Waals surface area contributed by atoms with Crippen LogP contribution in [0.15, 0.2) is 24.3 Å². The summed E-state index contributed by atoms with van der Waals surface area (Å²) >= 11 is 1.60. The Hall–Kier alpha value is -1.54. The summed E-state index contributed by atoms with van der Waals surface area (Å²) in [6.45, 7) is 2.08. The first-order valence-corrected chi connectivity index (χ1v) is 9.87. The zero-order valence-corrected chi connectivity index (χ0v) is 16.5. The van der Waals surface area contributed by atoms with Gasteiger partial charge in [-0.25, -0.2) is 9.37 Å². The fraction of sp³-hybridized carbons (Fsp3) is 0.474. The second kappa shape index (κ2) is 9.10. The molecule has 0 radical (unpaired) electrons. The number of fused-ring (bicyclic) bond motifs is 1. The number of ether oxygens (including phenoxy) is 1. The van der Waals surface area contributed by atoms with Crippen molar-refractivity contribution < 1.29 is 13.9 Å². The molecular formula is C19H23ClFN3O2S. The van der Waals surface area contributed by atoms with E-state index in [2.05, 4.69) is 10.6 Å². The van der Waals surface area contributed by atoms with Gasteiger partial charge in [-0.05, 0) is 43.5 Å². The van der Waals surface area contributed by atoms with Gasteiger partial charge in [-0.3, -0.25) is 4.79 Å². The zero-order valence-electron chi connectivity index (χ0n) is 14.9. The van der Waals surface area contributed by atoms with Crippen LogP contribution in [0.25, 0.3) is 10.6 Å². The molecule has 1 aliphatic heterocycles. The zero-order chi connectivity index (χ0) is 17.9. The molecule has 2 aromatic rings. The summed E-state index contributed by atoms with van der Waals surface area (Å²) in [6, 6.07) is 6.51. The Morgan fingerprint density at radius 1 is 1.37 bits per heavy atom. The minimum atomic E-state index is -0.250. The molecule has 2 N–H and O–H groups in total. The van der Waals surface area contributed by atoms with Gasteiger partial charge in [0.05, 0.1) is 29.8 Å². The van der Waals surface area contributed by atoms with Crippen LogP contribution >= 0.6 is 23.7 Å². The highest BCUT2D eigenvalue weighted by atomic mass is 35.5. The molecule has 2 heterocycles. The second-order valence-electron chi connectivity index (χ2n) is 6.78. The van der Waals surface area contributed by atoms with Crippen LogP contribution in [0.2, 0.25) is 0 Å². The SMILES string of the molecule is Cl.O=C(CC1COCCN1)NC1CCCc2nc(-c3ccc(F)cc3)sc21. The van der Waals surface area contributed by atoms with Gasteiger partial charge in [0, 0.05) is 24.6 Å². The lowest BCUT2D eigenvalue weighted by molar-refractivity contribution is -0.123. The van der Waals surface area contributed by atoms with Crippen LogP contribution in [0.4, 0.5) is 4.39 Å². The monoisotopic (exact) mass is 411 g/mol. The fourth-order valence-corrected chi connectivity index (χ4v) is 4.70. The molecule has 1 aliphatic carbocycles. The van der Waals surface area contributed by atoms with Crippen LogP contribution in [0.1, 0.15) is 35.9 Å². The van der Waals surface area contributed by atoms with Crippen molar-refractivity contribution in [2.75, 3.05) is 19.8 Å². The van der Waals surface area contributed by atoms with Gasteiger partial charge in [-0.1, -0.05) is 0 Å². The summed E-state index contributed by atoms with van der Waals surface area (Å²) in [5, 5.41) is 7.37. The van der Waals surface area contributed by atoms with E-state index in [0.29, 0.717) is 19.6 Å². The van der Waals surface area contributed by atoms with Gasteiger partial charge in [0.25, 0.3) is 0 Å². The third-order valence-electron chi connectivity index (χ3n) is 4.81. The van der Waals surface area contributed by atoms with Gasteiger partial charge >= 0.3 is 0 Å². The van der Waals surface area contributed by atoms with Crippen LogP contribution in [-0.2, 0) is 16.0 Å². The summed E-state index contributed by atoms with van der Waals surface area (Å²) < 4.78 is 18.6. The first-order chi connectivity index (χ1) is 12.7. The highest BCUT2D eigenvalue weighted by Crippen LogP contribution is 2.38. The number of nitrogens with one attached hydrogen (secondary N) is 2. The number of nitrogens with zero attached hydrogens (tertiary/aromatic N) is 1. The normalized spacial score (nSPS) is 21.8. The van der Waals surface area contributed by atoms with Crippen LogP contribution in [0.3, 0.4) is 0 Å². The number of aryl methyl sites for hydroxylation is 1. The van der Waals surface area contributed by atoms with Gasteiger partial charge in [-0.2, -0.15) is 0 Å². The number of thiazole rings is 1. The molecule has 1 amide bonds. The van der Waals surface area contributed by atoms with E-state index in [0.717, 1.165) is 46.9 Å². The number of benzene rings is 1. The largest absolute Gasteiger partial charge is 0.378 e. The van der Waals surface area contributed by atoms with Crippen LogP contribution in [0, 0.1) is 5.82 Å². The first-order valence-electron chi connectivity index (χ1n) is 9.05. The minimum absolute atomic E-state index is 0. The molecule has 1 saturated heterocycles. The number of morpholine rings is 1. The second-order valence-corrected chi connectivity index (χ2v) is 7.81. The number of hydrogen-bond donors (Lipinski definition) is 2. The Bertz CT molecular complexity index is 778. The third kappa shape index (κ3) is 4.85. The lowest BCUT2D eigenvalue weighted by atomic mass is 9.97. The lowest BCUT2D eigenvalue weighted by Crippen LogP contribution is -2.44. The summed E-state index contributed by atoms with van der Waals surface area (Å²) in [5.41, 5.74) is 1.98. The topological polar surface area (TPSA) is 63.2 Å². The first kappa shape index (κ1) is 20.2. The number of amides is 1. The molecule has 5 nitrogen and oxygen atoms in total. The number of halogens is 2. The number of aromatic nitrogens is 1. The van der Waals surface area contributed by atoms with Gasteiger partial charge in [-0.15, -0.1) is 23.7 Å². The van der Waals surface area contributed by atoms with E-state index in [1.54, 1.807) is 23.5 Å². The van der Waals surface area contributed by atoms with Crippen molar-refractivity contribution >= 4 is 29.7 Å². The maximum absolute atomic E-state index is 13.1. The van der Waals surface area contributed by atoms with Crippen LogP contribution in [-0.4, -0.2) is 36.7 Å². The molecule has 8 heteroatoms. The Morgan fingerprint density at radius 2 is 2.19 bits per heavy atom. The molecule has 0 saturated carbocycles. The standard InChI is InChI=1S/C19H22FN3O2S.ClH/c20-13-6-4-12(5-7-13)19-23-16-3-1-2-15(18(16)26-19)22-17(24)10-14-11-25-9-8-21-14;/h4-7,14-15,21H,1-3,8-11H2,(H,22,24);1H. The van der Waals surface area contributed by atoms with Crippen molar-refractivity contribution in [2.24, 2.45) is 0 Å². The Morgan fingerprint density at radius 3 is 2.93 bits per heavy atom. The van der Waals surface area contributed by atoms with E-state index in [1.807, 2.05) is 0 Å². The summed E-state index contributed by atoms with van der Waals surface area (Å²) in [5.74, 6) is -0.205. The van der Waals surface area contributed by atoms with E-state index in [1.165, 1.54) is 12.1 Å². The van der Waals surface area contributed by atoms with Crippen molar-refractivity contribution in [3.8, 4) is 10.6 Å². The highest BCUT2D eigenvalue weighted by molar-refractivity contribution is 7.15. The quantitative estimate of drug-likeness (QED) is 0.810. The number of carbonyl (C=O) groups is 1. The summed E-state index contributed by atoms with van der Waals surface area (Å²) in [6.07, 6.45) is 3.29. The number of hydrogen-bond acceptors (Lipinski definition) is 5. The molecule has 2 aliphatic rings. The van der Waals surface area contributed by atoms with Crippen LogP contribution < -0.4 is 10.6 Å². The van der Waals surface area contributed by atoms with Gasteiger partial charge in [0.1, 0.15) is 10.8 Å². The predicted octanol–water partition coefficient (Wildman–Crippen LogP) is 3.24. The van der Waals surface area contributed by atoms with E-state index < -0.39 is 0 Å². The minimum Gasteiger partial charge on any atom is -0.378 e. The lowest BCUT2D eigenvalue weighted by Gasteiger charge is -2.26. The van der Waals surface area contributed by atoms with Crippen molar-refractivity contribution in [3.05, 3.63) is 40.7 Å². The maximum Gasteiger partial charge on any atom is 0.222 e. The molecule has 0 spiro atoms. The van der Waals surface area contributed by atoms with Gasteiger partial charge in [0.15, 0.2) is 0 Å². The predicted molar refractivity (Wildman–Crippen MR) is 106 cm³/mol. The van der Waals surface area contributed by atoms with E-state index in [-0.39, 0.29) is 36.2 Å². The summed E-state index contributed by atoms with van der Waals surface area (Å²) in [4.78, 5) is 18.3. The van der Waals surface area contributed by atoms with Crippen molar-refractivity contribution in [1.82, 2.24) is 15.6 Å². The summed E-state index contributed by atoms with van der Waals surface area (Å²) in [7, 11) is 0. The Labute approximate surface area is 168 Å². The molecule has 1 fully saturated rings. The Balaban J connectivity index is 0.00000210.